The molecule has 26 heavy (non-hydrogen) atoms. The molecule has 0 aliphatic rings. The van der Waals surface area contributed by atoms with Gasteiger partial charge in [-0.3, -0.25) is 4.79 Å². The van der Waals surface area contributed by atoms with Crippen LogP contribution < -0.4 is 10.6 Å². The Morgan fingerprint density at radius 2 is 1.96 bits per heavy atom. The van der Waals surface area contributed by atoms with E-state index in [1.165, 1.54) is 0 Å². The fraction of sp³-hybridized carbons (Fsp3) is 0.286. The highest BCUT2D eigenvalue weighted by atomic mass is 35.5. The Labute approximate surface area is 166 Å². The number of allylic oxidation sites excluding steroid dienone is 4. The molecule has 1 rings (SSSR count). The van der Waals surface area contributed by atoms with Gasteiger partial charge in [-0.2, -0.15) is 0 Å². The summed E-state index contributed by atoms with van der Waals surface area (Å²) in [5.41, 5.74) is 2.66. The number of hydrogen-bond acceptors (Lipinski definition) is 2. The van der Waals surface area contributed by atoms with Crippen molar-refractivity contribution in [3.05, 3.63) is 76.0 Å². The average Bonchev–Trinajstić information content (AvgIpc) is 2.60. The normalized spacial score (nSPS) is 13.0. The Morgan fingerprint density at radius 1 is 1.27 bits per heavy atom. The van der Waals surface area contributed by atoms with Crippen molar-refractivity contribution < 1.29 is 4.79 Å². The first-order valence-electron chi connectivity index (χ1n) is 8.53. The van der Waals surface area contributed by atoms with E-state index in [1.54, 1.807) is 31.3 Å². The molecule has 1 aromatic rings. The summed E-state index contributed by atoms with van der Waals surface area (Å²) in [7, 11) is 1.60. The second kappa shape index (κ2) is 10.9. The topological polar surface area (TPSA) is 41.1 Å². The minimum absolute atomic E-state index is 0.117. The lowest BCUT2D eigenvalue weighted by atomic mass is 9.97. The molecule has 0 aliphatic carbocycles. The first-order valence-corrected chi connectivity index (χ1v) is 9.29. The van der Waals surface area contributed by atoms with Crippen LogP contribution in [0.25, 0.3) is 5.57 Å². The van der Waals surface area contributed by atoms with Gasteiger partial charge in [0.2, 0.25) is 0 Å². The Bertz CT molecular complexity index is 746. The van der Waals surface area contributed by atoms with Gasteiger partial charge in [-0.25, -0.2) is 0 Å². The van der Waals surface area contributed by atoms with Crippen LogP contribution in [-0.2, 0) is 4.79 Å². The van der Waals surface area contributed by atoms with Gasteiger partial charge in [0.05, 0.1) is 21.3 Å². The van der Waals surface area contributed by atoms with E-state index in [0.717, 1.165) is 12.0 Å². The number of rotatable bonds is 8. The summed E-state index contributed by atoms with van der Waals surface area (Å²) in [5, 5.41) is 6.91. The lowest BCUT2D eigenvalue weighted by Crippen LogP contribution is -2.29. The largest absolute Gasteiger partial charge is 0.382 e. The van der Waals surface area contributed by atoms with Gasteiger partial charge in [0, 0.05) is 13.1 Å². The molecule has 1 amide bonds. The van der Waals surface area contributed by atoms with Crippen LogP contribution in [0.5, 0.6) is 0 Å². The molecule has 0 bridgehead atoms. The van der Waals surface area contributed by atoms with Gasteiger partial charge in [-0.15, -0.1) is 0 Å². The number of carbonyl (C=O) groups is 1. The van der Waals surface area contributed by atoms with Crippen molar-refractivity contribution in [2.75, 3.05) is 7.05 Å². The molecule has 0 heterocycles. The molecule has 0 fully saturated rings. The van der Waals surface area contributed by atoms with Crippen LogP contribution >= 0.6 is 23.2 Å². The number of halogens is 2. The second-order valence-electron chi connectivity index (χ2n) is 5.92. The number of nitrogens with one attached hydrogen (secondary N) is 2. The lowest BCUT2D eigenvalue weighted by molar-refractivity contribution is -0.115. The monoisotopic (exact) mass is 392 g/mol. The summed E-state index contributed by atoms with van der Waals surface area (Å²) >= 11 is 12.2. The SMILES string of the molecule is C=CC(=C\C=C\CC)/C(NC(C)C)=C(/C(=O)NC)c1ccc(Cl)c(Cl)c1. The van der Waals surface area contributed by atoms with E-state index in [0.29, 0.717) is 26.9 Å². The minimum Gasteiger partial charge on any atom is -0.382 e. The summed E-state index contributed by atoms with van der Waals surface area (Å²) in [6, 6.07) is 5.28. The molecule has 0 saturated heterocycles. The summed E-state index contributed by atoms with van der Waals surface area (Å²) in [6.07, 6.45) is 8.57. The summed E-state index contributed by atoms with van der Waals surface area (Å²) < 4.78 is 0. The van der Waals surface area contributed by atoms with Crippen molar-refractivity contribution in [2.45, 2.75) is 33.2 Å². The van der Waals surface area contributed by atoms with Gasteiger partial charge in [-0.05, 0) is 43.5 Å². The van der Waals surface area contributed by atoms with E-state index in [2.05, 4.69) is 24.1 Å². The minimum atomic E-state index is -0.223. The van der Waals surface area contributed by atoms with Crippen molar-refractivity contribution in [2.24, 2.45) is 0 Å². The van der Waals surface area contributed by atoms with Crippen molar-refractivity contribution in [1.82, 2.24) is 10.6 Å². The maximum atomic E-state index is 12.7. The van der Waals surface area contributed by atoms with Crippen molar-refractivity contribution >= 4 is 34.7 Å². The van der Waals surface area contributed by atoms with Gasteiger partial charge in [-0.1, -0.05) is 67.1 Å². The second-order valence-corrected chi connectivity index (χ2v) is 6.73. The number of likely N-dealkylation sites (N-methyl/N-ethyl adjacent to an activating group) is 1. The molecule has 3 nitrogen and oxygen atoms in total. The highest BCUT2D eigenvalue weighted by Crippen LogP contribution is 2.29. The molecule has 0 aliphatic heterocycles. The third-order valence-corrected chi connectivity index (χ3v) is 4.24. The molecule has 140 valence electrons. The smallest absolute Gasteiger partial charge is 0.253 e. The summed E-state index contributed by atoms with van der Waals surface area (Å²) in [6.45, 7) is 9.99. The van der Waals surface area contributed by atoms with Crippen LogP contribution in [0.3, 0.4) is 0 Å². The molecule has 0 aromatic heterocycles. The van der Waals surface area contributed by atoms with E-state index in [1.807, 2.05) is 32.1 Å². The van der Waals surface area contributed by atoms with E-state index < -0.39 is 0 Å². The van der Waals surface area contributed by atoms with Crippen molar-refractivity contribution in [3.63, 3.8) is 0 Å². The van der Waals surface area contributed by atoms with Gasteiger partial charge in [0.25, 0.3) is 5.91 Å². The van der Waals surface area contributed by atoms with Gasteiger partial charge >= 0.3 is 0 Å². The molecule has 5 heteroatoms. The predicted molar refractivity (Wildman–Crippen MR) is 113 cm³/mol. The maximum absolute atomic E-state index is 12.7. The zero-order valence-corrected chi connectivity index (χ0v) is 17.2. The van der Waals surface area contributed by atoms with E-state index in [4.69, 9.17) is 23.2 Å². The Morgan fingerprint density at radius 3 is 2.46 bits per heavy atom. The Balaban J connectivity index is 3.74. The number of hydrogen-bond donors (Lipinski definition) is 2. The van der Waals surface area contributed by atoms with Crippen molar-refractivity contribution in [1.29, 1.82) is 0 Å². The van der Waals surface area contributed by atoms with Crippen LogP contribution in [-0.4, -0.2) is 19.0 Å². The highest BCUT2D eigenvalue weighted by Gasteiger charge is 2.20. The fourth-order valence-corrected chi connectivity index (χ4v) is 2.61. The molecule has 0 spiro atoms. The van der Waals surface area contributed by atoms with Gasteiger partial charge < -0.3 is 10.6 Å². The van der Waals surface area contributed by atoms with Crippen LogP contribution in [0, 0.1) is 0 Å². The predicted octanol–water partition coefficient (Wildman–Crippen LogP) is 5.53. The molecule has 1 aromatic carbocycles. The first-order chi connectivity index (χ1) is 12.3. The zero-order chi connectivity index (χ0) is 19.7. The molecular weight excluding hydrogens is 367 g/mol. The number of benzene rings is 1. The quantitative estimate of drug-likeness (QED) is 0.451. The Hall–Kier alpha value is -1.97. The standard InChI is InChI=1S/C21H26Cl2N2O/c1-6-8-9-10-15(7-2)20(25-14(3)4)19(21(26)24-5)16-11-12-17(22)18(23)13-16/h7-14,25H,2,6H2,1,3-5H3,(H,24,26)/b9-8+,15-10+,20-19-. The zero-order valence-electron chi connectivity index (χ0n) is 15.7. The Kier molecular flexibility index (Phi) is 9.25. The van der Waals surface area contributed by atoms with Crippen LogP contribution in [0.15, 0.2) is 60.4 Å². The molecule has 0 radical (unpaired) electrons. The van der Waals surface area contributed by atoms with Crippen LogP contribution in [0.1, 0.15) is 32.8 Å². The van der Waals surface area contributed by atoms with Crippen LogP contribution in [0.2, 0.25) is 10.0 Å². The lowest BCUT2D eigenvalue weighted by Gasteiger charge is -2.20. The third-order valence-electron chi connectivity index (χ3n) is 3.50. The van der Waals surface area contributed by atoms with Crippen LogP contribution in [0.4, 0.5) is 0 Å². The number of carbonyl (C=O) groups excluding carboxylic acids is 1. The van der Waals surface area contributed by atoms with E-state index >= 15 is 0 Å². The highest BCUT2D eigenvalue weighted by molar-refractivity contribution is 6.42. The summed E-state index contributed by atoms with van der Waals surface area (Å²) in [4.78, 5) is 12.7. The molecular formula is C21H26Cl2N2O. The van der Waals surface area contributed by atoms with E-state index in [9.17, 15) is 4.79 Å². The first kappa shape index (κ1) is 22.1. The summed E-state index contributed by atoms with van der Waals surface area (Å²) in [5.74, 6) is -0.223. The molecule has 2 N–H and O–H groups in total. The van der Waals surface area contributed by atoms with Gasteiger partial charge in [0.15, 0.2) is 0 Å². The molecule has 0 unspecified atom stereocenters. The molecule has 0 saturated carbocycles. The van der Waals surface area contributed by atoms with Crippen molar-refractivity contribution in [3.8, 4) is 0 Å². The maximum Gasteiger partial charge on any atom is 0.253 e. The van der Waals surface area contributed by atoms with Gasteiger partial charge in [0.1, 0.15) is 0 Å². The van der Waals surface area contributed by atoms with E-state index in [-0.39, 0.29) is 11.9 Å². The molecule has 0 atom stereocenters. The average molecular weight is 393 g/mol. The fourth-order valence-electron chi connectivity index (χ4n) is 2.32. The number of amides is 1. The third kappa shape index (κ3) is 6.08.